The Labute approximate surface area is 124 Å². The lowest BCUT2D eigenvalue weighted by Crippen LogP contribution is -2.14. The monoisotopic (exact) mass is 303 g/mol. The first-order valence-electron chi connectivity index (χ1n) is 6.59. The third-order valence-corrected chi connectivity index (χ3v) is 4.61. The fraction of sp³-hybridized carbons (Fsp3) is 0.769. The molecule has 0 fully saturated rings. The fourth-order valence-electron chi connectivity index (χ4n) is 1.66. The first-order chi connectivity index (χ1) is 9.19. The largest absolute Gasteiger partial charge is 0.480 e. The summed E-state index contributed by atoms with van der Waals surface area (Å²) >= 11 is 3.61. The molecular formula is C13H25N3OS2. The number of nitrogens with zero attached hydrogens (tertiary/aromatic N) is 2. The van der Waals surface area contributed by atoms with Crippen molar-refractivity contribution in [2.45, 2.75) is 25.8 Å². The predicted octanol–water partition coefficient (Wildman–Crippen LogP) is 2.84. The van der Waals surface area contributed by atoms with Gasteiger partial charge in [-0.25, -0.2) is 0 Å². The number of thiazole rings is 1. The second-order valence-electron chi connectivity index (χ2n) is 4.55. The molecule has 0 radical (unpaired) electrons. The summed E-state index contributed by atoms with van der Waals surface area (Å²) in [7, 11) is 5.68. The molecule has 6 heteroatoms. The van der Waals surface area contributed by atoms with E-state index in [4.69, 9.17) is 4.74 Å². The zero-order chi connectivity index (χ0) is 14.1. The van der Waals surface area contributed by atoms with Gasteiger partial charge in [0.05, 0.1) is 12.0 Å². The third kappa shape index (κ3) is 6.01. The minimum atomic E-state index is 0.753. The van der Waals surface area contributed by atoms with Crippen molar-refractivity contribution in [1.29, 1.82) is 0 Å². The number of methoxy groups -OCH3 is 1. The first-order valence-corrected chi connectivity index (χ1v) is 8.80. The van der Waals surface area contributed by atoms with Crippen molar-refractivity contribution in [2.75, 3.05) is 44.7 Å². The summed E-state index contributed by atoms with van der Waals surface area (Å²) in [4.78, 5) is 7.64. The minimum Gasteiger partial charge on any atom is -0.480 e. The van der Waals surface area contributed by atoms with Crippen LogP contribution >= 0.6 is 23.1 Å². The number of ether oxygens (including phenoxy) is 1. The standard InChI is InChI=1S/C13H25N3OS2/c1-16(2)13-15-12(17-3)11(19-13)10-14-8-6-5-7-9-18-4/h14H,5-10H2,1-4H3. The van der Waals surface area contributed by atoms with E-state index in [-0.39, 0.29) is 0 Å². The highest BCUT2D eigenvalue weighted by molar-refractivity contribution is 7.98. The van der Waals surface area contributed by atoms with Crippen molar-refractivity contribution in [1.82, 2.24) is 10.3 Å². The maximum absolute atomic E-state index is 5.32. The molecule has 0 saturated heterocycles. The molecule has 0 bridgehead atoms. The lowest BCUT2D eigenvalue weighted by Gasteiger charge is -2.05. The average molecular weight is 303 g/mol. The topological polar surface area (TPSA) is 37.4 Å². The van der Waals surface area contributed by atoms with Gasteiger partial charge < -0.3 is 15.0 Å². The number of nitrogens with one attached hydrogen (secondary N) is 1. The van der Waals surface area contributed by atoms with Crippen LogP contribution in [0.5, 0.6) is 5.88 Å². The Morgan fingerprint density at radius 2 is 2.11 bits per heavy atom. The van der Waals surface area contributed by atoms with E-state index in [1.807, 2.05) is 30.8 Å². The van der Waals surface area contributed by atoms with Crippen LogP contribution in [0.4, 0.5) is 5.13 Å². The third-order valence-electron chi connectivity index (χ3n) is 2.71. The SMILES string of the molecule is COc1nc(N(C)C)sc1CNCCCCCSC. The Kier molecular flexibility index (Phi) is 8.25. The molecular weight excluding hydrogens is 278 g/mol. The van der Waals surface area contributed by atoms with Crippen molar-refractivity contribution >= 4 is 28.2 Å². The Morgan fingerprint density at radius 1 is 1.32 bits per heavy atom. The maximum atomic E-state index is 5.32. The summed E-state index contributed by atoms with van der Waals surface area (Å²) in [5.74, 6) is 2.03. The molecule has 0 saturated carbocycles. The zero-order valence-electron chi connectivity index (χ0n) is 12.4. The van der Waals surface area contributed by atoms with Gasteiger partial charge >= 0.3 is 0 Å². The molecule has 1 heterocycles. The fourth-order valence-corrected chi connectivity index (χ4v) is 3.08. The van der Waals surface area contributed by atoms with Crippen LogP contribution in [-0.2, 0) is 6.54 Å². The quantitative estimate of drug-likeness (QED) is 0.673. The van der Waals surface area contributed by atoms with E-state index in [1.165, 1.54) is 29.9 Å². The number of unbranched alkanes of at least 4 members (excludes halogenated alkanes) is 2. The van der Waals surface area contributed by atoms with E-state index in [9.17, 15) is 0 Å². The molecule has 1 rings (SSSR count). The van der Waals surface area contributed by atoms with Crippen LogP contribution in [-0.4, -0.2) is 44.7 Å². The van der Waals surface area contributed by atoms with Crippen molar-refractivity contribution < 1.29 is 4.74 Å². The van der Waals surface area contributed by atoms with Crippen LogP contribution in [0, 0.1) is 0 Å². The van der Waals surface area contributed by atoms with Crippen molar-refractivity contribution in [3.8, 4) is 5.88 Å². The Morgan fingerprint density at radius 3 is 2.74 bits per heavy atom. The van der Waals surface area contributed by atoms with E-state index < -0.39 is 0 Å². The van der Waals surface area contributed by atoms with Crippen molar-refractivity contribution in [2.24, 2.45) is 0 Å². The van der Waals surface area contributed by atoms with E-state index in [0.717, 1.165) is 24.1 Å². The summed E-state index contributed by atoms with van der Waals surface area (Å²) < 4.78 is 5.32. The molecule has 1 aromatic rings. The second kappa shape index (κ2) is 9.44. The Hall–Kier alpha value is -0.460. The van der Waals surface area contributed by atoms with Crippen LogP contribution in [0.2, 0.25) is 0 Å². The molecule has 0 spiro atoms. The number of aromatic nitrogens is 1. The van der Waals surface area contributed by atoms with Gasteiger partial charge in [0.15, 0.2) is 5.13 Å². The van der Waals surface area contributed by atoms with Gasteiger partial charge in [-0.3, -0.25) is 0 Å². The summed E-state index contributed by atoms with van der Waals surface area (Å²) in [6, 6.07) is 0. The number of anilines is 1. The molecule has 4 nitrogen and oxygen atoms in total. The van der Waals surface area contributed by atoms with E-state index in [1.54, 1.807) is 18.4 Å². The van der Waals surface area contributed by atoms with Crippen LogP contribution < -0.4 is 15.0 Å². The van der Waals surface area contributed by atoms with Crippen LogP contribution in [0.1, 0.15) is 24.1 Å². The van der Waals surface area contributed by atoms with Crippen molar-refractivity contribution in [3.63, 3.8) is 0 Å². The molecule has 0 aliphatic heterocycles. The van der Waals surface area contributed by atoms with Gasteiger partial charge in [-0.2, -0.15) is 16.7 Å². The lowest BCUT2D eigenvalue weighted by atomic mass is 10.2. The van der Waals surface area contributed by atoms with E-state index in [2.05, 4.69) is 16.6 Å². The van der Waals surface area contributed by atoms with Crippen LogP contribution in [0.25, 0.3) is 0 Å². The molecule has 0 aromatic carbocycles. The minimum absolute atomic E-state index is 0.753. The lowest BCUT2D eigenvalue weighted by molar-refractivity contribution is 0.394. The van der Waals surface area contributed by atoms with E-state index in [0.29, 0.717) is 0 Å². The van der Waals surface area contributed by atoms with Gasteiger partial charge in [-0.1, -0.05) is 17.8 Å². The summed E-state index contributed by atoms with van der Waals surface area (Å²) in [5, 5.41) is 4.46. The molecule has 110 valence electrons. The van der Waals surface area contributed by atoms with Crippen LogP contribution in [0.15, 0.2) is 0 Å². The molecule has 0 unspecified atom stereocenters. The Balaban J connectivity index is 2.28. The van der Waals surface area contributed by atoms with Crippen LogP contribution in [0.3, 0.4) is 0 Å². The molecule has 0 amide bonds. The number of rotatable bonds is 10. The number of hydrogen-bond donors (Lipinski definition) is 1. The highest BCUT2D eigenvalue weighted by Crippen LogP contribution is 2.30. The highest BCUT2D eigenvalue weighted by Gasteiger charge is 2.12. The highest BCUT2D eigenvalue weighted by atomic mass is 32.2. The number of thioether (sulfide) groups is 1. The zero-order valence-corrected chi connectivity index (χ0v) is 14.0. The summed E-state index contributed by atoms with van der Waals surface area (Å²) in [6.45, 7) is 1.91. The second-order valence-corrected chi connectivity index (χ2v) is 6.60. The normalized spacial score (nSPS) is 10.7. The van der Waals surface area contributed by atoms with Gasteiger partial charge in [0.25, 0.3) is 0 Å². The maximum Gasteiger partial charge on any atom is 0.230 e. The summed E-state index contributed by atoms with van der Waals surface area (Å²) in [5.41, 5.74) is 0. The number of hydrogen-bond acceptors (Lipinski definition) is 6. The predicted molar refractivity (Wildman–Crippen MR) is 86.9 cm³/mol. The Bertz CT molecular complexity index is 356. The molecule has 0 aliphatic carbocycles. The molecule has 0 atom stereocenters. The van der Waals surface area contributed by atoms with Crippen molar-refractivity contribution in [3.05, 3.63) is 4.88 Å². The van der Waals surface area contributed by atoms with Gasteiger partial charge in [-0.15, -0.1) is 0 Å². The summed E-state index contributed by atoms with van der Waals surface area (Å²) in [6.07, 6.45) is 6.02. The molecule has 1 N–H and O–H groups in total. The van der Waals surface area contributed by atoms with Gasteiger partial charge in [0.2, 0.25) is 5.88 Å². The molecule has 1 aromatic heterocycles. The smallest absolute Gasteiger partial charge is 0.230 e. The van der Waals surface area contributed by atoms with Gasteiger partial charge in [0.1, 0.15) is 0 Å². The van der Waals surface area contributed by atoms with Gasteiger partial charge in [-0.05, 0) is 31.4 Å². The average Bonchev–Trinajstić information content (AvgIpc) is 2.81. The first kappa shape index (κ1) is 16.6. The van der Waals surface area contributed by atoms with E-state index >= 15 is 0 Å². The van der Waals surface area contributed by atoms with Gasteiger partial charge in [0, 0.05) is 20.6 Å². The molecule has 19 heavy (non-hydrogen) atoms. The molecule has 0 aliphatic rings.